The Kier molecular flexibility index (Phi) is 6.08. The van der Waals surface area contributed by atoms with Gasteiger partial charge >= 0.3 is 29.5 Å². The third kappa shape index (κ3) is 3.51. The largest absolute Gasteiger partial charge is 0.496 e. The highest BCUT2D eigenvalue weighted by molar-refractivity contribution is 5.95. The first-order chi connectivity index (χ1) is 21.7. The smallest absolute Gasteiger partial charge is 0.351 e. The number of carbonyl (C=O) groups is 4. The Hall–Kier alpha value is -4.09. The Labute approximate surface area is 271 Å². The Morgan fingerprint density at radius 3 is 1.74 bits per heavy atom. The van der Waals surface area contributed by atoms with E-state index in [9.17, 15) is 24.0 Å². The van der Waals surface area contributed by atoms with Gasteiger partial charge in [-0.1, -0.05) is 27.7 Å². The molecule has 12 nitrogen and oxygen atoms in total. The maximum Gasteiger partial charge on any atom is 0.351 e. The SMILES string of the molecule is COc1cc2c(c3oc(=O)ccc13)[C@@H](OC(=O)[C@]13CC[C@](C)(C(=O)O1)C3(C)C)[C@@H](OC(=O)[C@]13CC[C@](C)(C(=O)O1)C3(C)C)C(C)(C)O2. The summed E-state index contributed by atoms with van der Waals surface area (Å²) in [6, 6.07) is 4.34. The van der Waals surface area contributed by atoms with E-state index < -0.39 is 80.2 Å². The van der Waals surface area contributed by atoms with Gasteiger partial charge in [0, 0.05) is 23.0 Å². The van der Waals surface area contributed by atoms with Crippen molar-refractivity contribution in [2.24, 2.45) is 21.7 Å². The molecule has 0 spiro atoms. The number of hydrogen-bond donors (Lipinski definition) is 0. The van der Waals surface area contributed by atoms with Crippen LogP contribution in [0.4, 0.5) is 0 Å². The summed E-state index contributed by atoms with van der Waals surface area (Å²) >= 11 is 0. The topological polar surface area (TPSA) is 154 Å². The van der Waals surface area contributed by atoms with E-state index in [-0.39, 0.29) is 29.7 Å². The lowest BCUT2D eigenvalue weighted by atomic mass is 9.66. The molecule has 0 amide bonds. The van der Waals surface area contributed by atoms with Crippen LogP contribution in [0.1, 0.15) is 92.7 Å². The van der Waals surface area contributed by atoms with Crippen molar-refractivity contribution >= 4 is 34.8 Å². The quantitative estimate of drug-likeness (QED) is 0.250. The summed E-state index contributed by atoms with van der Waals surface area (Å²) in [7, 11) is 1.45. The number of benzene rings is 1. The highest BCUT2D eigenvalue weighted by Gasteiger charge is 2.78. The Bertz CT molecular complexity index is 1850. The number of ether oxygens (including phenoxy) is 6. The minimum Gasteiger partial charge on any atom is -0.496 e. The molecule has 2 saturated heterocycles. The van der Waals surface area contributed by atoms with Crippen LogP contribution in [0.3, 0.4) is 0 Å². The molecular formula is C35H40O12. The van der Waals surface area contributed by atoms with Crippen LogP contribution >= 0.6 is 0 Å². The number of esters is 4. The molecule has 6 atom stereocenters. The third-order valence-electron chi connectivity index (χ3n) is 13.0. The molecule has 252 valence electrons. The summed E-state index contributed by atoms with van der Waals surface area (Å²) in [5, 5.41) is 0.385. The monoisotopic (exact) mass is 652 g/mol. The molecule has 2 saturated carbocycles. The lowest BCUT2D eigenvalue weighted by molar-refractivity contribution is -0.217. The second-order valence-corrected chi connectivity index (χ2v) is 15.7. The molecule has 0 N–H and O–H groups in total. The van der Waals surface area contributed by atoms with Crippen LogP contribution in [0.5, 0.6) is 11.5 Å². The summed E-state index contributed by atoms with van der Waals surface area (Å²) in [6.07, 6.45) is -1.43. The van der Waals surface area contributed by atoms with Crippen LogP contribution in [-0.2, 0) is 38.1 Å². The molecule has 1 aromatic carbocycles. The first kappa shape index (κ1) is 31.5. The van der Waals surface area contributed by atoms with Crippen molar-refractivity contribution in [3.8, 4) is 11.5 Å². The number of fused-ring (bicyclic) bond motifs is 7. The van der Waals surface area contributed by atoms with Crippen LogP contribution in [0.25, 0.3) is 11.0 Å². The number of methoxy groups -OCH3 is 1. The molecule has 47 heavy (non-hydrogen) atoms. The fourth-order valence-corrected chi connectivity index (χ4v) is 8.73. The lowest BCUT2D eigenvalue weighted by Crippen LogP contribution is -2.57. The van der Waals surface area contributed by atoms with Crippen molar-refractivity contribution in [2.45, 2.75) is 110 Å². The minimum atomic E-state index is -1.62. The zero-order chi connectivity index (χ0) is 34.3. The van der Waals surface area contributed by atoms with Gasteiger partial charge in [0.05, 0.1) is 28.9 Å². The van der Waals surface area contributed by atoms with Gasteiger partial charge in [-0.3, -0.25) is 9.59 Å². The van der Waals surface area contributed by atoms with Crippen molar-refractivity contribution < 1.29 is 52.0 Å². The van der Waals surface area contributed by atoms with Crippen LogP contribution < -0.4 is 15.1 Å². The average Bonchev–Trinajstić information content (AvgIpc) is 3.45. The van der Waals surface area contributed by atoms with Gasteiger partial charge in [-0.15, -0.1) is 0 Å². The van der Waals surface area contributed by atoms with E-state index in [1.54, 1.807) is 47.6 Å². The molecule has 2 aromatic rings. The highest BCUT2D eigenvalue weighted by atomic mass is 16.7. The predicted molar refractivity (Wildman–Crippen MR) is 162 cm³/mol. The molecule has 4 fully saturated rings. The van der Waals surface area contributed by atoms with Crippen LogP contribution in [0.2, 0.25) is 0 Å². The van der Waals surface area contributed by atoms with Crippen molar-refractivity contribution in [1.29, 1.82) is 0 Å². The summed E-state index contributed by atoms with van der Waals surface area (Å²) in [5.41, 5.74) is -8.76. The normalized spacial score (nSPS) is 36.7. The molecule has 4 bridgehead atoms. The minimum absolute atomic E-state index is 0.0110. The Morgan fingerprint density at radius 1 is 0.745 bits per heavy atom. The van der Waals surface area contributed by atoms with E-state index in [4.69, 9.17) is 32.8 Å². The van der Waals surface area contributed by atoms with Gasteiger partial charge in [0.2, 0.25) is 11.2 Å². The number of rotatable bonds is 5. The van der Waals surface area contributed by atoms with E-state index in [1.807, 2.05) is 13.8 Å². The molecular weight excluding hydrogens is 612 g/mol. The maximum atomic E-state index is 14.5. The molecule has 1 aromatic heterocycles. The maximum absolute atomic E-state index is 14.5. The molecule has 0 radical (unpaired) electrons. The van der Waals surface area contributed by atoms with Gasteiger partial charge in [0.25, 0.3) is 0 Å². The van der Waals surface area contributed by atoms with E-state index in [2.05, 4.69) is 0 Å². The van der Waals surface area contributed by atoms with E-state index >= 15 is 0 Å². The van der Waals surface area contributed by atoms with Crippen molar-refractivity contribution in [2.75, 3.05) is 7.11 Å². The summed E-state index contributed by atoms with van der Waals surface area (Å²) in [6.45, 7) is 14.1. The van der Waals surface area contributed by atoms with E-state index in [0.717, 1.165) is 0 Å². The third-order valence-corrected chi connectivity index (χ3v) is 13.0. The Balaban J connectivity index is 1.38. The lowest BCUT2D eigenvalue weighted by Gasteiger charge is -2.45. The van der Waals surface area contributed by atoms with Gasteiger partial charge in [0.15, 0.2) is 17.8 Å². The molecule has 2 aliphatic carbocycles. The van der Waals surface area contributed by atoms with Gasteiger partial charge in [-0.2, -0.15) is 0 Å². The van der Waals surface area contributed by atoms with E-state index in [0.29, 0.717) is 24.0 Å². The van der Waals surface area contributed by atoms with Gasteiger partial charge in [0.1, 0.15) is 17.1 Å². The second kappa shape index (κ2) is 9.08. The van der Waals surface area contributed by atoms with Crippen molar-refractivity contribution in [3.05, 3.63) is 34.2 Å². The summed E-state index contributed by atoms with van der Waals surface area (Å²) in [5.74, 6) is -2.09. The molecule has 5 aliphatic rings. The van der Waals surface area contributed by atoms with Gasteiger partial charge in [-0.25, -0.2) is 14.4 Å². The zero-order valence-electron chi connectivity index (χ0n) is 28.1. The fraction of sp³-hybridized carbons (Fsp3) is 0.629. The predicted octanol–water partition coefficient (Wildman–Crippen LogP) is 4.71. The van der Waals surface area contributed by atoms with Gasteiger partial charge in [-0.05, 0) is 59.4 Å². The molecule has 12 heteroatoms. The molecule has 7 rings (SSSR count). The van der Waals surface area contributed by atoms with Crippen molar-refractivity contribution in [3.63, 3.8) is 0 Å². The van der Waals surface area contributed by atoms with Crippen LogP contribution in [0, 0.1) is 21.7 Å². The Morgan fingerprint density at radius 2 is 1.28 bits per heavy atom. The van der Waals surface area contributed by atoms with Crippen LogP contribution in [-0.4, -0.2) is 53.9 Å². The zero-order valence-corrected chi connectivity index (χ0v) is 28.1. The highest BCUT2D eigenvalue weighted by Crippen LogP contribution is 2.67. The van der Waals surface area contributed by atoms with Crippen molar-refractivity contribution in [1.82, 2.24) is 0 Å². The average molecular weight is 653 g/mol. The van der Waals surface area contributed by atoms with E-state index in [1.165, 1.54) is 19.2 Å². The molecule has 4 heterocycles. The molecule has 3 aliphatic heterocycles. The second-order valence-electron chi connectivity index (χ2n) is 15.7. The fourth-order valence-electron chi connectivity index (χ4n) is 8.73. The first-order valence-electron chi connectivity index (χ1n) is 16.0. The number of hydrogen-bond acceptors (Lipinski definition) is 12. The number of carbonyl (C=O) groups excluding carboxylic acids is 4. The van der Waals surface area contributed by atoms with Gasteiger partial charge < -0.3 is 32.8 Å². The summed E-state index contributed by atoms with van der Waals surface area (Å²) in [4.78, 5) is 67.5. The molecule has 0 unspecified atom stereocenters. The van der Waals surface area contributed by atoms with Crippen LogP contribution in [0.15, 0.2) is 27.4 Å². The standard InChI is InChI=1S/C35H40O12/c1-29(2)24(44-28(40)35-15-13-33(8,26(38)47-35)31(35,5)6)23(43-27(39)34-14-12-32(7,25(37)46-34)30(34,3)4)21-19(45-29)16-18(41-9)17-10-11-20(36)42-22(17)21/h10-11,16,23-24H,12-15H2,1-9H3/t23-,24-,32-,33-,34+,35+/m1/s1. The summed E-state index contributed by atoms with van der Waals surface area (Å²) < 4.78 is 42.0. The first-order valence-corrected chi connectivity index (χ1v) is 16.0.